The standard InChI is InChI=1S/C16H22O3/c1-10-8-15(19-3)11(2)7-13(10)14(9-16(17)18)12-5-4-6-12/h7-8,12,14H,4-6,9H2,1-3H3,(H,17,18). The van der Waals surface area contributed by atoms with Gasteiger partial charge in [0.25, 0.3) is 0 Å². The number of hydrogen-bond donors (Lipinski definition) is 1. The van der Waals surface area contributed by atoms with Crippen molar-refractivity contribution >= 4 is 5.97 Å². The number of hydrogen-bond acceptors (Lipinski definition) is 2. The van der Waals surface area contributed by atoms with E-state index in [9.17, 15) is 4.79 Å². The minimum Gasteiger partial charge on any atom is -0.496 e. The van der Waals surface area contributed by atoms with Crippen molar-refractivity contribution in [3.63, 3.8) is 0 Å². The van der Waals surface area contributed by atoms with Crippen molar-refractivity contribution < 1.29 is 14.6 Å². The largest absolute Gasteiger partial charge is 0.496 e. The van der Waals surface area contributed by atoms with Gasteiger partial charge in [-0.05, 0) is 61.3 Å². The van der Waals surface area contributed by atoms with Gasteiger partial charge in [-0.1, -0.05) is 12.5 Å². The lowest BCUT2D eigenvalue weighted by Gasteiger charge is -2.34. The molecule has 1 aromatic carbocycles. The van der Waals surface area contributed by atoms with Gasteiger partial charge in [-0.3, -0.25) is 4.79 Å². The Balaban J connectivity index is 2.35. The van der Waals surface area contributed by atoms with Crippen LogP contribution in [0.25, 0.3) is 0 Å². The second-order valence-corrected chi connectivity index (χ2v) is 5.57. The van der Waals surface area contributed by atoms with Gasteiger partial charge in [0.05, 0.1) is 13.5 Å². The Morgan fingerprint density at radius 3 is 2.53 bits per heavy atom. The van der Waals surface area contributed by atoms with Crippen LogP contribution >= 0.6 is 0 Å². The maximum Gasteiger partial charge on any atom is 0.303 e. The van der Waals surface area contributed by atoms with E-state index >= 15 is 0 Å². The van der Waals surface area contributed by atoms with E-state index in [1.165, 1.54) is 12.0 Å². The first-order chi connectivity index (χ1) is 9.02. The molecule has 2 rings (SSSR count). The molecule has 0 radical (unpaired) electrons. The number of carbonyl (C=O) groups is 1. The molecule has 1 aliphatic rings. The van der Waals surface area contributed by atoms with E-state index in [2.05, 4.69) is 6.07 Å². The molecule has 1 aromatic rings. The van der Waals surface area contributed by atoms with E-state index in [4.69, 9.17) is 9.84 Å². The third-order valence-corrected chi connectivity index (χ3v) is 4.30. The van der Waals surface area contributed by atoms with Gasteiger partial charge in [0.2, 0.25) is 0 Å². The summed E-state index contributed by atoms with van der Waals surface area (Å²) in [6.07, 6.45) is 3.77. The van der Waals surface area contributed by atoms with Crippen LogP contribution < -0.4 is 4.74 Å². The number of carboxylic acids is 1. The van der Waals surface area contributed by atoms with E-state index in [0.717, 1.165) is 29.7 Å². The van der Waals surface area contributed by atoms with Crippen molar-refractivity contribution in [2.24, 2.45) is 5.92 Å². The van der Waals surface area contributed by atoms with Crippen LogP contribution in [0.5, 0.6) is 5.75 Å². The van der Waals surface area contributed by atoms with Crippen LogP contribution in [0.2, 0.25) is 0 Å². The summed E-state index contributed by atoms with van der Waals surface area (Å²) in [4.78, 5) is 11.1. The molecular weight excluding hydrogens is 240 g/mol. The van der Waals surface area contributed by atoms with Gasteiger partial charge in [-0.2, -0.15) is 0 Å². The molecule has 0 saturated heterocycles. The molecule has 0 aliphatic heterocycles. The first-order valence-corrected chi connectivity index (χ1v) is 6.90. The molecule has 3 nitrogen and oxygen atoms in total. The maximum absolute atomic E-state index is 11.1. The van der Waals surface area contributed by atoms with Gasteiger partial charge in [0, 0.05) is 0 Å². The number of carboxylic acid groups (broad SMARTS) is 1. The van der Waals surface area contributed by atoms with Crippen molar-refractivity contribution in [1.82, 2.24) is 0 Å². The fourth-order valence-electron chi connectivity index (χ4n) is 2.99. The van der Waals surface area contributed by atoms with Gasteiger partial charge >= 0.3 is 5.97 Å². The lowest BCUT2D eigenvalue weighted by Crippen LogP contribution is -2.23. The molecule has 104 valence electrons. The predicted octanol–water partition coefficient (Wildman–Crippen LogP) is 3.67. The topological polar surface area (TPSA) is 46.5 Å². The lowest BCUT2D eigenvalue weighted by molar-refractivity contribution is -0.138. The second-order valence-electron chi connectivity index (χ2n) is 5.57. The summed E-state index contributed by atoms with van der Waals surface area (Å²) in [6, 6.07) is 4.14. The van der Waals surface area contributed by atoms with Gasteiger partial charge < -0.3 is 9.84 Å². The summed E-state index contributed by atoms with van der Waals surface area (Å²) in [6.45, 7) is 4.06. The van der Waals surface area contributed by atoms with Crippen LogP contribution in [0.4, 0.5) is 0 Å². The first kappa shape index (κ1) is 13.9. The Kier molecular flexibility index (Phi) is 4.13. The maximum atomic E-state index is 11.1. The zero-order valence-electron chi connectivity index (χ0n) is 11.9. The van der Waals surface area contributed by atoms with E-state index in [0.29, 0.717) is 5.92 Å². The minimum absolute atomic E-state index is 0.149. The number of benzene rings is 1. The Labute approximate surface area is 114 Å². The highest BCUT2D eigenvalue weighted by Crippen LogP contribution is 2.43. The van der Waals surface area contributed by atoms with Crippen molar-refractivity contribution in [1.29, 1.82) is 0 Å². The minimum atomic E-state index is -0.704. The quantitative estimate of drug-likeness (QED) is 0.880. The molecule has 1 atom stereocenters. The van der Waals surface area contributed by atoms with Crippen LogP contribution in [0.15, 0.2) is 12.1 Å². The van der Waals surface area contributed by atoms with Gasteiger partial charge in [-0.15, -0.1) is 0 Å². The van der Waals surface area contributed by atoms with Crippen molar-refractivity contribution in [2.75, 3.05) is 7.11 Å². The normalized spacial score (nSPS) is 16.8. The highest BCUT2D eigenvalue weighted by molar-refractivity contribution is 5.68. The van der Waals surface area contributed by atoms with E-state index in [1.54, 1.807) is 7.11 Å². The number of rotatable bonds is 5. The van der Waals surface area contributed by atoms with Gasteiger partial charge in [0.15, 0.2) is 0 Å². The van der Waals surface area contributed by atoms with Gasteiger partial charge in [0.1, 0.15) is 5.75 Å². The molecular formula is C16H22O3. The average Bonchev–Trinajstić information content (AvgIpc) is 2.28. The molecule has 19 heavy (non-hydrogen) atoms. The Bertz CT molecular complexity index is 475. The summed E-state index contributed by atoms with van der Waals surface area (Å²) in [5.41, 5.74) is 3.41. The second kappa shape index (κ2) is 5.64. The van der Waals surface area contributed by atoms with Crippen LogP contribution in [0.3, 0.4) is 0 Å². The van der Waals surface area contributed by atoms with Gasteiger partial charge in [-0.25, -0.2) is 0 Å². The number of methoxy groups -OCH3 is 1. The smallest absolute Gasteiger partial charge is 0.303 e. The predicted molar refractivity (Wildman–Crippen MR) is 74.8 cm³/mol. The molecule has 1 fully saturated rings. The van der Waals surface area contributed by atoms with Crippen LogP contribution in [0, 0.1) is 19.8 Å². The summed E-state index contributed by atoms with van der Waals surface area (Å²) in [7, 11) is 1.67. The average molecular weight is 262 g/mol. The summed E-state index contributed by atoms with van der Waals surface area (Å²) in [5, 5.41) is 9.15. The zero-order chi connectivity index (χ0) is 14.0. The fraction of sp³-hybridized carbons (Fsp3) is 0.562. The molecule has 0 aromatic heterocycles. The van der Waals surface area contributed by atoms with Crippen LogP contribution in [-0.2, 0) is 4.79 Å². The first-order valence-electron chi connectivity index (χ1n) is 6.90. The Morgan fingerprint density at radius 1 is 1.37 bits per heavy atom. The number of ether oxygens (including phenoxy) is 1. The highest BCUT2D eigenvalue weighted by atomic mass is 16.5. The number of aliphatic carboxylic acids is 1. The monoisotopic (exact) mass is 262 g/mol. The fourth-order valence-corrected chi connectivity index (χ4v) is 2.99. The van der Waals surface area contributed by atoms with Crippen molar-refractivity contribution in [3.05, 3.63) is 28.8 Å². The molecule has 1 N–H and O–H groups in total. The molecule has 0 bridgehead atoms. The van der Waals surface area contributed by atoms with E-state index in [-0.39, 0.29) is 12.3 Å². The molecule has 3 heteroatoms. The SMILES string of the molecule is COc1cc(C)c(C(CC(=O)O)C2CCC2)cc1C. The van der Waals surface area contributed by atoms with Crippen molar-refractivity contribution in [2.45, 2.75) is 45.4 Å². The molecule has 1 aliphatic carbocycles. The zero-order valence-corrected chi connectivity index (χ0v) is 11.9. The van der Waals surface area contributed by atoms with Crippen molar-refractivity contribution in [3.8, 4) is 5.75 Å². The van der Waals surface area contributed by atoms with E-state index in [1.807, 2.05) is 19.9 Å². The summed E-state index contributed by atoms with van der Waals surface area (Å²) >= 11 is 0. The molecule has 1 unspecified atom stereocenters. The lowest BCUT2D eigenvalue weighted by atomic mass is 9.70. The van der Waals surface area contributed by atoms with Crippen LogP contribution in [0.1, 0.15) is 48.3 Å². The summed E-state index contributed by atoms with van der Waals surface area (Å²) in [5.74, 6) is 0.854. The number of aryl methyl sites for hydroxylation is 2. The highest BCUT2D eigenvalue weighted by Gasteiger charge is 2.31. The summed E-state index contributed by atoms with van der Waals surface area (Å²) < 4.78 is 5.33. The van der Waals surface area contributed by atoms with E-state index < -0.39 is 5.97 Å². The van der Waals surface area contributed by atoms with Crippen LogP contribution in [-0.4, -0.2) is 18.2 Å². The molecule has 1 saturated carbocycles. The Morgan fingerprint density at radius 2 is 2.05 bits per heavy atom. The Hall–Kier alpha value is -1.51. The third-order valence-electron chi connectivity index (χ3n) is 4.30. The molecule has 0 amide bonds. The molecule has 0 heterocycles. The molecule has 0 spiro atoms. The third kappa shape index (κ3) is 2.91.